The molecule has 3 nitrogen and oxygen atoms in total. The first-order valence-corrected chi connectivity index (χ1v) is 6.65. The molecule has 0 fully saturated rings. The van der Waals surface area contributed by atoms with E-state index in [4.69, 9.17) is 0 Å². The van der Waals surface area contributed by atoms with Gasteiger partial charge in [0.25, 0.3) is 0 Å². The third kappa shape index (κ3) is 2.61. The molecule has 2 aromatic carbocycles. The Bertz CT molecular complexity index is 574. The molecule has 2 rings (SSSR count). The van der Waals surface area contributed by atoms with Crippen molar-refractivity contribution in [2.45, 2.75) is 19.9 Å². The van der Waals surface area contributed by atoms with E-state index in [1.165, 1.54) is 0 Å². The van der Waals surface area contributed by atoms with E-state index < -0.39 is 0 Å². The fraction of sp³-hybridized carbons (Fsp3) is 0.312. The number of carbonyl (C=O) groups excluding carboxylic acids is 1. The lowest BCUT2D eigenvalue weighted by atomic mass is 10.1. The third-order valence-electron chi connectivity index (χ3n) is 3.44. The normalized spacial score (nSPS) is 12.4. The summed E-state index contributed by atoms with van der Waals surface area (Å²) in [5.74, 6) is 0.0985. The number of fused-ring (bicyclic) bond motifs is 1. The average molecular weight is 256 g/mol. The molecule has 0 saturated carbocycles. The number of carbonyl (C=O) groups is 1. The number of hydrogen-bond acceptors (Lipinski definition) is 2. The zero-order chi connectivity index (χ0) is 13.8. The van der Waals surface area contributed by atoms with Crippen molar-refractivity contribution in [1.82, 2.24) is 5.32 Å². The van der Waals surface area contributed by atoms with Crippen molar-refractivity contribution in [3.63, 3.8) is 0 Å². The summed E-state index contributed by atoms with van der Waals surface area (Å²) in [6.45, 7) is 4.55. The minimum absolute atomic E-state index is 0.0985. The lowest BCUT2D eigenvalue weighted by Gasteiger charge is -2.25. The van der Waals surface area contributed by atoms with Gasteiger partial charge in [0, 0.05) is 11.9 Å². The van der Waals surface area contributed by atoms with Crippen LogP contribution in [0.3, 0.4) is 0 Å². The van der Waals surface area contributed by atoms with E-state index in [1.807, 2.05) is 43.0 Å². The maximum Gasteiger partial charge on any atom is 0.243 e. The molecule has 2 aromatic rings. The topological polar surface area (TPSA) is 32.3 Å². The first-order chi connectivity index (χ1) is 9.19. The SMILES string of the molecule is CCN(C(=O)C(C)NC)c1cccc2ccccc12. The predicted molar refractivity (Wildman–Crippen MR) is 80.5 cm³/mol. The molecule has 3 heteroatoms. The molecule has 0 saturated heterocycles. The number of amides is 1. The summed E-state index contributed by atoms with van der Waals surface area (Å²) in [7, 11) is 1.81. The van der Waals surface area contributed by atoms with Crippen LogP contribution in [-0.4, -0.2) is 25.5 Å². The second kappa shape index (κ2) is 5.85. The van der Waals surface area contributed by atoms with Crippen LogP contribution in [0.25, 0.3) is 10.8 Å². The molecule has 1 atom stereocenters. The number of anilines is 1. The van der Waals surface area contributed by atoms with Gasteiger partial charge in [0.1, 0.15) is 0 Å². The van der Waals surface area contributed by atoms with Gasteiger partial charge in [0.05, 0.1) is 11.7 Å². The number of nitrogens with zero attached hydrogens (tertiary/aromatic N) is 1. The second-order valence-electron chi connectivity index (χ2n) is 4.59. The van der Waals surface area contributed by atoms with E-state index in [9.17, 15) is 4.79 Å². The van der Waals surface area contributed by atoms with Gasteiger partial charge in [0.2, 0.25) is 5.91 Å². The fourth-order valence-corrected chi connectivity index (χ4v) is 2.25. The van der Waals surface area contributed by atoms with Gasteiger partial charge >= 0.3 is 0 Å². The minimum Gasteiger partial charge on any atom is -0.311 e. The zero-order valence-electron chi connectivity index (χ0n) is 11.7. The number of hydrogen-bond donors (Lipinski definition) is 1. The van der Waals surface area contributed by atoms with Crippen LogP contribution in [0.15, 0.2) is 42.5 Å². The van der Waals surface area contributed by atoms with Gasteiger partial charge in [-0.05, 0) is 32.3 Å². The van der Waals surface area contributed by atoms with Gasteiger partial charge in [-0.25, -0.2) is 0 Å². The fourth-order valence-electron chi connectivity index (χ4n) is 2.25. The predicted octanol–water partition coefficient (Wildman–Crippen LogP) is 2.80. The van der Waals surface area contributed by atoms with Crippen molar-refractivity contribution >= 4 is 22.4 Å². The van der Waals surface area contributed by atoms with Gasteiger partial charge in [-0.2, -0.15) is 0 Å². The van der Waals surface area contributed by atoms with E-state index in [-0.39, 0.29) is 11.9 Å². The van der Waals surface area contributed by atoms with Crippen molar-refractivity contribution in [2.75, 3.05) is 18.5 Å². The molecular formula is C16H20N2O. The van der Waals surface area contributed by atoms with Crippen LogP contribution in [0.5, 0.6) is 0 Å². The first kappa shape index (κ1) is 13.6. The summed E-state index contributed by atoms with van der Waals surface area (Å²) in [5.41, 5.74) is 0.979. The summed E-state index contributed by atoms with van der Waals surface area (Å²) < 4.78 is 0. The molecular weight excluding hydrogens is 236 g/mol. The summed E-state index contributed by atoms with van der Waals surface area (Å²) >= 11 is 0. The number of nitrogens with one attached hydrogen (secondary N) is 1. The van der Waals surface area contributed by atoms with Crippen molar-refractivity contribution in [3.8, 4) is 0 Å². The zero-order valence-corrected chi connectivity index (χ0v) is 11.7. The van der Waals surface area contributed by atoms with Crippen LogP contribution < -0.4 is 10.2 Å². The highest BCUT2D eigenvalue weighted by Gasteiger charge is 2.20. The van der Waals surface area contributed by atoms with Crippen LogP contribution in [-0.2, 0) is 4.79 Å². The smallest absolute Gasteiger partial charge is 0.243 e. The third-order valence-corrected chi connectivity index (χ3v) is 3.44. The van der Waals surface area contributed by atoms with Crippen molar-refractivity contribution < 1.29 is 4.79 Å². The van der Waals surface area contributed by atoms with E-state index in [1.54, 1.807) is 7.05 Å². The summed E-state index contributed by atoms with van der Waals surface area (Å²) in [6, 6.07) is 14.0. The standard InChI is InChI=1S/C16H20N2O/c1-4-18(16(19)12(2)17-3)15-11-7-9-13-8-5-6-10-14(13)15/h5-12,17H,4H2,1-3H3. The Morgan fingerprint density at radius 1 is 1.21 bits per heavy atom. The lowest BCUT2D eigenvalue weighted by molar-refractivity contribution is -0.120. The Labute approximate surface area is 114 Å². The number of likely N-dealkylation sites (N-methyl/N-ethyl adjacent to an activating group) is 2. The van der Waals surface area contributed by atoms with Crippen molar-refractivity contribution in [3.05, 3.63) is 42.5 Å². The number of benzene rings is 2. The lowest BCUT2D eigenvalue weighted by Crippen LogP contribution is -2.43. The van der Waals surface area contributed by atoms with Crippen LogP contribution in [0, 0.1) is 0 Å². The first-order valence-electron chi connectivity index (χ1n) is 6.65. The quantitative estimate of drug-likeness (QED) is 0.912. The Kier molecular flexibility index (Phi) is 4.17. The van der Waals surface area contributed by atoms with Gasteiger partial charge < -0.3 is 10.2 Å². The van der Waals surface area contributed by atoms with Crippen LogP contribution in [0.4, 0.5) is 5.69 Å². The molecule has 19 heavy (non-hydrogen) atoms. The molecule has 0 bridgehead atoms. The highest BCUT2D eigenvalue weighted by Crippen LogP contribution is 2.27. The van der Waals surface area contributed by atoms with Gasteiger partial charge in [0.15, 0.2) is 0 Å². The van der Waals surface area contributed by atoms with Crippen molar-refractivity contribution in [2.24, 2.45) is 0 Å². The highest BCUT2D eigenvalue weighted by atomic mass is 16.2. The molecule has 1 unspecified atom stereocenters. The monoisotopic (exact) mass is 256 g/mol. The van der Waals surface area contributed by atoms with Crippen LogP contribution in [0.2, 0.25) is 0 Å². The van der Waals surface area contributed by atoms with E-state index >= 15 is 0 Å². The minimum atomic E-state index is -0.182. The van der Waals surface area contributed by atoms with E-state index in [2.05, 4.69) is 23.5 Å². The van der Waals surface area contributed by atoms with E-state index in [0.29, 0.717) is 6.54 Å². The average Bonchev–Trinajstić information content (AvgIpc) is 2.47. The Balaban J connectivity index is 2.49. The molecule has 0 aliphatic carbocycles. The maximum absolute atomic E-state index is 12.4. The van der Waals surface area contributed by atoms with Gasteiger partial charge in [-0.3, -0.25) is 4.79 Å². The molecule has 0 aromatic heterocycles. The van der Waals surface area contributed by atoms with Crippen LogP contribution in [0.1, 0.15) is 13.8 Å². The summed E-state index contributed by atoms with van der Waals surface area (Å²) in [6.07, 6.45) is 0. The second-order valence-corrected chi connectivity index (χ2v) is 4.59. The molecule has 0 aliphatic heterocycles. The molecule has 0 aliphatic rings. The van der Waals surface area contributed by atoms with E-state index in [0.717, 1.165) is 16.5 Å². The van der Waals surface area contributed by atoms with Gasteiger partial charge in [-0.15, -0.1) is 0 Å². The number of rotatable bonds is 4. The van der Waals surface area contributed by atoms with Crippen LogP contribution >= 0.6 is 0 Å². The van der Waals surface area contributed by atoms with Gasteiger partial charge in [-0.1, -0.05) is 36.4 Å². The Hall–Kier alpha value is -1.87. The Morgan fingerprint density at radius 3 is 2.58 bits per heavy atom. The highest BCUT2D eigenvalue weighted by molar-refractivity contribution is 6.05. The molecule has 100 valence electrons. The maximum atomic E-state index is 12.4. The molecule has 0 spiro atoms. The molecule has 1 N–H and O–H groups in total. The molecule has 1 amide bonds. The molecule has 0 radical (unpaired) electrons. The largest absolute Gasteiger partial charge is 0.311 e. The summed E-state index contributed by atoms with van der Waals surface area (Å²) in [4.78, 5) is 14.2. The van der Waals surface area contributed by atoms with Crippen molar-refractivity contribution in [1.29, 1.82) is 0 Å². The Morgan fingerprint density at radius 2 is 1.89 bits per heavy atom. The molecule has 0 heterocycles. The summed E-state index contributed by atoms with van der Waals surface area (Å²) in [5, 5.41) is 5.28.